The molecular formula is C16H23ClN4O4. The van der Waals surface area contributed by atoms with E-state index in [0.29, 0.717) is 18.9 Å². The van der Waals surface area contributed by atoms with E-state index in [2.05, 4.69) is 15.3 Å². The van der Waals surface area contributed by atoms with Crippen LogP contribution >= 0.6 is 11.6 Å². The third kappa shape index (κ3) is 6.13. The molecule has 0 aromatic carbocycles. The first-order chi connectivity index (χ1) is 12.0. The van der Waals surface area contributed by atoms with Crippen LogP contribution in [0.1, 0.15) is 25.7 Å². The molecule has 9 heteroatoms. The first kappa shape index (κ1) is 19.4. The molecule has 0 bridgehead atoms. The standard InChI is InChI=1S/C10H12ClN3O2.C6H11NO2/c11-10-12-4-3-8(13-10)14-5-1-2-7(6-14)9(15)16;8-6(9)5-2-1-3-7-4-5/h3-4,7H,1-2,5-6H2,(H,15,16);5,7H,1-4H2,(H,8,9)/t7-;5-/m11/s1. The highest BCUT2D eigenvalue weighted by atomic mass is 35.5. The molecule has 0 unspecified atom stereocenters. The van der Waals surface area contributed by atoms with Crippen LogP contribution in [0, 0.1) is 11.8 Å². The fourth-order valence-corrected chi connectivity index (χ4v) is 3.09. The molecular weight excluding hydrogens is 348 g/mol. The molecule has 1 aromatic heterocycles. The normalized spacial score (nSPS) is 23.3. The lowest BCUT2D eigenvalue weighted by molar-refractivity contribution is -0.143. The van der Waals surface area contributed by atoms with Crippen molar-refractivity contribution >= 4 is 29.4 Å². The van der Waals surface area contributed by atoms with Gasteiger partial charge in [0.05, 0.1) is 11.8 Å². The number of aromatic nitrogens is 2. The highest BCUT2D eigenvalue weighted by Gasteiger charge is 2.26. The fourth-order valence-electron chi connectivity index (χ4n) is 2.95. The van der Waals surface area contributed by atoms with Gasteiger partial charge in [-0.25, -0.2) is 9.97 Å². The Hall–Kier alpha value is -1.93. The van der Waals surface area contributed by atoms with E-state index < -0.39 is 11.9 Å². The predicted molar refractivity (Wildman–Crippen MR) is 92.8 cm³/mol. The van der Waals surface area contributed by atoms with E-state index in [9.17, 15) is 9.59 Å². The van der Waals surface area contributed by atoms with E-state index in [1.165, 1.54) is 0 Å². The van der Waals surface area contributed by atoms with Crippen LogP contribution in [0.2, 0.25) is 5.28 Å². The number of piperidine rings is 2. The van der Waals surface area contributed by atoms with Crippen molar-refractivity contribution in [1.29, 1.82) is 0 Å². The lowest BCUT2D eigenvalue weighted by Crippen LogP contribution is -2.39. The summed E-state index contributed by atoms with van der Waals surface area (Å²) < 4.78 is 0. The molecule has 0 aliphatic carbocycles. The second-order valence-electron chi connectivity index (χ2n) is 6.19. The van der Waals surface area contributed by atoms with E-state index in [1.807, 2.05) is 4.90 Å². The predicted octanol–water partition coefficient (Wildman–Crippen LogP) is 1.50. The Kier molecular flexibility index (Phi) is 7.39. The van der Waals surface area contributed by atoms with Crippen molar-refractivity contribution in [3.05, 3.63) is 17.5 Å². The van der Waals surface area contributed by atoms with Gasteiger partial charge in [-0.3, -0.25) is 9.59 Å². The van der Waals surface area contributed by atoms with Crippen molar-refractivity contribution in [3.63, 3.8) is 0 Å². The van der Waals surface area contributed by atoms with Gasteiger partial charge in [-0.05, 0) is 49.9 Å². The summed E-state index contributed by atoms with van der Waals surface area (Å²) in [5, 5.41) is 20.7. The summed E-state index contributed by atoms with van der Waals surface area (Å²) in [6, 6.07) is 1.75. The first-order valence-electron chi connectivity index (χ1n) is 8.37. The number of nitrogens with zero attached hydrogens (tertiary/aromatic N) is 3. The van der Waals surface area contributed by atoms with Gasteiger partial charge in [0.15, 0.2) is 0 Å². The van der Waals surface area contributed by atoms with E-state index in [-0.39, 0.29) is 17.1 Å². The average molecular weight is 371 g/mol. The van der Waals surface area contributed by atoms with Crippen molar-refractivity contribution in [2.75, 3.05) is 31.1 Å². The number of halogens is 1. The van der Waals surface area contributed by atoms with Crippen LogP contribution in [0.25, 0.3) is 0 Å². The number of carboxylic acid groups (broad SMARTS) is 2. The number of aliphatic carboxylic acids is 2. The second-order valence-corrected chi connectivity index (χ2v) is 6.53. The molecule has 3 heterocycles. The zero-order valence-electron chi connectivity index (χ0n) is 13.9. The highest BCUT2D eigenvalue weighted by molar-refractivity contribution is 6.28. The molecule has 2 atom stereocenters. The first-order valence-corrected chi connectivity index (χ1v) is 8.75. The summed E-state index contributed by atoms with van der Waals surface area (Å²) >= 11 is 5.70. The number of hydrogen-bond acceptors (Lipinski definition) is 6. The average Bonchev–Trinajstić information content (AvgIpc) is 2.63. The Morgan fingerprint density at radius 1 is 1.20 bits per heavy atom. The second kappa shape index (κ2) is 9.53. The topological polar surface area (TPSA) is 116 Å². The van der Waals surface area contributed by atoms with Gasteiger partial charge in [0.1, 0.15) is 5.82 Å². The van der Waals surface area contributed by atoms with Gasteiger partial charge >= 0.3 is 11.9 Å². The number of anilines is 1. The summed E-state index contributed by atoms with van der Waals surface area (Å²) in [5.41, 5.74) is 0. The van der Waals surface area contributed by atoms with Gasteiger partial charge < -0.3 is 20.4 Å². The molecule has 2 saturated heterocycles. The van der Waals surface area contributed by atoms with E-state index >= 15 is 0 Å². The van der Waals surface area contributed by atoms with Crippen LogP contribution in [0.3, 0.4) is 0 Å². The van der Waals surface area contributed by atoms with Gasteiger partial charge in [0.2, 0.25) is 5.28 Å². The molecule has 3 N–H and O–H groups in total. The largest absolute Gasteiger partial charge is 0.481 e. The Morgan fingerprint density at radius 2 is 1.92 bits per heavy atom. The molecule has 2 aliphatic rings. The molecule has 0 spiro atoms. The molecule has 0 saturated carbocycles. The molecule has 1 aromatic rings. The Bertz CT molecular complexity index is 595. The van der Waals surface area contributed by atoms with Crippen molar-refractivity contribution in [1.82, 2.24) is 15.3 Å². The van der Waals surface area contributed by atoms with E-state index in [4.69, 9.17) is 21.8 Å². The summed E-state index contributed by atoms with van der Waals surface area (Å²) in [6.07, 6.45) is 5.00. The monoisotopic (exact) mass is 370 g/mol. The lowest BCUT2D eigenvalue weighted by Gasteiger charge is -2.31. The fraction of sp³-hybridized carbons (Fsp3) is 0.625. The molecule has 138 valence electrons. The van der Waals surface area contributed by atoms with Gasteiger partial charge in [-0.15, -0.1) is 0 Å². The van der Waals surface area contributed by atoms with Crippen LogP contribution in [0.15, 0.2) is 12.3 Å². The van der Waals surface area contributed by atoms with Crippen LogP contribution in [0.5, 0.6) is 0 Å². The maximum absolute atomic E-state index is 10.9. The molecule has 0 amide bonds. The number of rotatable bonds is 3. The van der Waals surface area contributed by atoms with Gasteiger partial charge in [-0.2, -0.15) is 0 Å². The minimum absolute atomic E-state index is 0.140. The van der Waals surface area contributed by atoms with Crippen LogP contribution in [-0.4, -0.2) is 58.3 Å². The summed E-state index contributed by atoms with van der Waals surface area (Å²) in [5.74, 6) is -1.17. The van der Waals surface area contributed by atoms with Gasteiger partial charge in [0, 0.05) is 25.8 Å². The number of carbonyl (C=O) groups is 2. The van der Waals surface area contributed by atoms with Crippen LogP contribution in [-0.2, 0) is 9.59 Å². The van der Waals surface area contributed by atoms with E-state index in [0.717, 1.165) is 38.8 Å². The molecule has 3 rings (SSSR count). The maximum atomic E-state index is 10.9. The third-order valence-corrected chi connectivity index (χ3v) is 4.53. The number of hydrogen-bond donors (Lipinski definition) is 3. The van der Waals surface area contributed by atoms with Crippen molar-refractivity contribution in [2.24, 2.45) is 11.8 Å². The zero-order valence-corrected chi connectivity index (χ0v) is 14.7. The number of carboxylic acids is 2. The maximum Gasteiger partial charge on any atom is 0.308 e. The summed E-state index contributed by atoms with van der Waals surface area (Å²) in [4.78, 5) is 31.0. The molecule has 2 aliphatic heterocycles. The summed E-state index contributed by atoms with van der Waals surface area (Å²) in [6.45, 7) is 2.93. The molecule has 25 heavy (non-hydrogen) atoms. The smallest absolute Gasteiger partial charge is 0.308 e. The summed E-state index contributed by atoms with van der Waals surface area (Å²) in [7, 11) is 0. The Labute approximate surface area is 151 Å². The Morgan fingerprint density at radius 3 is 2.48 bits per heavy atom. The number of nitrogens with one attached hydrogen (secondary N) is 1. The minimum Gasteiger partial charge on any atom is -0.481 e. The van der Waals surface area contributed by atoms with Crippen LogP contribution < -0.4 is 10.2 Å². The van der Waals surface area contributed by atoms with E-state index in [1.54, 1.807) is 12.3 Å². The quantitative estimate of drug-likeness (QED) is 0.685. The Balaban J connectivity index is 0.000000212. The molecule has 2 fully saturated rings. The zero-order chi connectivity index (χ0) is 18.2. The van der Waals surface area contributed by atoms with Crippen molar-refractivity contribution < 1.29 is 19.8 Å². The third-order valence-electron chi connectivity index (χ3n) is 4.35. The lowest BCUT2D eigenvalue weighted by atomic mass is 9.98. The van der Waals surface area contributed by atoms with Crippen molar-refractivity contribution in [2.45, 2.75) is 25.7 Å². The molecule has 8 nitrogen and oxygen atoms in total. The van der Waals surface area contributed by atoms with Gasteiger partial charge in [-0.1, -0.05) is 0 Å². The SMILES string of the molecule is O=C(O)[C@@H]1CCCN(c2ccnc(Cl)n2)C1.O=C(O)[C@@H]1CCCNC1. The highest BCUT2D eigenvalue weighted by Crippen LogP contribution is 2.22. The van der Waals surface area contributed by atoms with Crippen LogP contribution in [0.4, 0.5) is 5.82 Å². The minimum atomic E-state index is -0.746. The molecule has 0 radical (unpaired) electrons. The van der Waals surface area contributed by atoms with Gasteiger partial charge in [0.25, 0.3) is 0 Å². The van der Waals surface area contributed by atoms with Crippen molar-refractivity contribution in [3.8, 4) is 0 Å².